The first-order valence-corrected chi connectivity index (χ1v) is 7.43. The topological polar surface area (TPSA) is 78.0 Å². The summed E-state index contributed by atoms with van der Waals surface area (Å²) in [4.78, 5) is 19.4. The number of fused-ring (bicyclic) bond motifs is 1. The zero-order valence-electron chi connectivity index (χ0n) is 13.3. The van der Waals surface area contributed by atoms with Gasteiger partial charge in [-0.25, -0.2) is 4.98 Å². The molecule has 3 aromatic rings. The quantitative estimate of drug-likeness (QED) is 0.673. The molecule has 2 aromatic heterocycles. The Kier molecular flexibility index (Phi) is 3.56. The number of benzene rings is 1. The molecule has 0 bridgehead atoms. The Bertz CT molecular complexity index is 875. The summed E-state index contributed by atoms with van der Waals surface area (Å²) in [6, 6.07) is 11.0. The second kappa shape index (κ2) is 5.43. The minimum Gasteiger partial charge on any atom is -0.504 e. The fourth-order valence-corrected chi connectivity index (χ4v) is 2.38. The molecule has 0 atom stereocenters. The van der Waals surface area contributed by atoms with Crippen molar-refractivity contribution in [3.63, 3.8) is 0 Å². The molecule has 3 rings (SSSR count). The van der Waals surface area contributed by atoms with Gasteiger partial charge in [0.05, 0.1) is 0 Å². The third-order valence-corrected chi connectivity index (χ3v) is 3.75. The first kappa shape index (κ1) is 15.1. The van der Waals surface area contributed by atoms with E-state index in [1.165, 1.54) is 17.8 Å². The number of carbonyl (C=O) groups excluding carboxylic acids is 1. The molecule has 0 fully saturated rings. The Balaban J connectivity index is 1.91. The summed E-state index contributed by atoms with van der Waals surface area (Å²) in [7, 11) is 0. The zero-order valence-corrected chi connectivity index (χ0v) is 13.3. The van der Waals surface area contributed by atoms with Crippen LogP contribution in [0.2, 0.25) is 0 Å². The number of nitrogens with zero attached hydrogens (tertiary/aromatic N) is 1. The molecule has 1 aromatic carbocycles. The van der Waals surface area contributed by atoms with Crippen LogP contribution in [0.3, 0.4) is 0 Å². The fraction of sp³-hybridized carbons (Fsp3) is 0.222. The first-order valence-electron chi connectivity index (χ1n) is 7.43. The molecule has 0 aliphatic heterocycles. The van der Waals surface area contributed by atoms with E-state index < -0.39 is 0 Å². The van der Waals surface area contributed by atoms with Gasteiger partial charge < -0.3 is 15.4 Å². The molecule has 0 saturated carbocycles. The van der Waals surface area contributed by atoms with E-state index in [1.807, 2.05) is 6.07 Å². The van der Waals surface area contributed by atoms with Crippen LogP contribution < -0.4 is 5.32 Å². The highest BCUT2D eigenvalue weighted by molar-refractivity contribution is 6.06. The monoisotopic (exact) mass is 309 g/mol. The Morgan fingerprint density at radius 2 is 2.00 bits per heavy atom. The summed E-state index contributed by atoms with van der Waals surface area (Å²) in [6.07, 6.45) is 1.51. The summed E-state index contributed by atoms with van der Waals surface area (Å²) in [6.45, 7) is 6.44. The molecule has 0 unspecified atom stereocenters. The maximum absolute atomic E-state index is 12.3. The fourth-order valence-electron chi connectivity index (χ4n) is 2.38. The maximum Gasteiger partial charge on any atom is 0.273 e. The Morgan fingerprint density at radius 3 is 2.70 bits per heavy atom. The number of pyridine rings is 1. The molecule has 1 amide bonds. The Labute approximate surface area is 134 Å². The summed E-state index contributed by atoms with van der Waals surface area (Å²) in [5, 5.41) is 13.3. The van der Waals surface area contributed by atoms with Crippen LogP contribution in [0.5, 0.6) is 5.75 Å². The number of aromatic amines is 1. The lowest BCUT2D eigenvalue weighted by Gasteiger charge is -2.18. The van der Waals surface area contributed by atoms with E-state index in [-0.39, 0.29) is 22.9 Å². The third kappa shape index (κ3) is 3.04. The van der Waals surface area contributed by atoms with Crippen LogP contribution in [-0.4, -0.2) is 21.0 Å². The summed E-state index contributed by atoms with van der Waals surface area (Å²) in [5.41, 5.74) is 2.58. The lowest BCUT2D eigenvalue weighted by Crippen LogP contribution is -2.13. The molecule has 5 heteroatoms. The molecule has 0 radical (unpaired) electrons. The van der Waals surface area contributed by atoms with E-state index in [0.717, 1.165) is 10.9 Å². The second-order valence-corrected chi connectivity index (χ2v) is 6.56. The smallest absolute Gasteiger partial charge is 0.273 e. The van der Waals surface area contributed by atoms with Gasteiger partial charge in [0.1, 0.15) is 5.69 Å². The number of nitrogens with one attached hydrogen (secondary N) is 2. The lowest BCUT2D eigenvalue weighted by atomic mass is 9.87. The number of aromatic nitrogens is 2. The minimum absolute atomic E-state index is 0.0431. The molecular formula is C18H19N3O2. The Hall–Kier alpha value is -2.82. The van der Waals surface area contributed by atoms with E-state index in [1.54, 1.807) is 12.1 Å². The summed E-state index contributed by atoms with van der Waals surface area (Å²) >= 11 is 0. The first-order chi connectivity index (χ1) is 10.8. The van der Waals surface area contributed by atoms with Crippen LogP contribution in [0, 0.1) is 0 Å². The SMILES string of the molecule is CC(C)(C)c1ccc2cc(C(=O)Nc3ncccc3O)[nH]c2c1. The highest BCUT2D eigenvalue weighted by atomic mass is 16.3. The van der Waals surface area contributed by atoms with E-state index in [2.05, 4.69) is 48.2 Å². The van der Waals surface area contributed by atoms with Crippen molar-refractivity contribution in [1.29, 1.82) is 0 Å². The maximum atomic E-state index is 12.3. The van der Waals surface area contributed by atoms with Crippen LogP contribution >= 0.6 is 0 Å². The predicted molar refractivity (Wildman–Crippen MR) is 90.9 cm³/mol. The van der Waals surface area contributed by atoms with Crippen LogP contribution in [0.25, 0.3) is 10.9 Å². The van der Waals surface area contributed by atoms with Crippen molar-refractivity contribution in [3.05, 3.63) is 53.9 Å². The van der Waals surface area contributed by atoms with Crippen molar-refractivity contribution in [2.45, 2.75) is 26.2 Å². The molecule has 0 spiro atoms. The van der Waals surface area contributed by atoms with Crippen molar-refractivity contribution in [3.8, 4) is 5.75 Å². The number of rotatable bonds is 2. The second-order valence-electron chi connectivity index (χ2n) is 6.56. The van der Waals surface area contributed by atoms with Crippen molar-refractivity contribution >= 4 is 22.6 Å². The van der Waals surface area contributed by atoms with Gasteiger partial charge in [-0.3, -0.25) is 4.79 Å². The number of hydrogen-bond donors (Lipinski definition) is 3. The summed E-state index contributed by atoms with van der Waals surface area (Å²) in [5.74, 6) is -0.258. The molecule has 2 heterocycles. The van der Waals surface area contributed by atoms with Crippen LogP contribution in [-0.2, 0) is 5.41 Å². The molecular weight excluding hydrogens is 290 g/mol. The molecule has 0 saturated heterocycles. The Morgan fingerprint density at radius 1 is 1.22 bits per heavy atom. The van der Waals surface area contributed by atoms with Gasteiger partial charge >= 0.3 is 0 Å². The van der Waals surface area contributed by atoms with Gasteiger partial charge in [0.25, 0.3) is 5.91 Å². The van der Waals surface area contributed by atoms with Gasteiger partial charge in [-0.2, -0.15) is 0 Å². The van der Waals surface area contributed by atoms with Gasteiger partial charge in [-0.15, -0.1) is 0 Å². The number of aromatic hydroxyl groups is 1. The van der Waals surface area contributed by atoms with Gasteiger partial charge in [0.15, 0.2) is 11.6 Å². The number of anilines is 1. The van der Waals surface area contributed by atoms with Crippen LogP contribution in [0.4, 0.5) is 5.82 Å². The van der Waals surface area contributed by atoms with E-state index in [9.17, 15) is 9.90 Å². The molecule has 0 aliphatic carbocycles. The normalized spacial score (nSPS) is 11.6. The van der Waals surface area contributed by atoms with Gasteiger partial charge in [0, 0.05) is 17.1 Å². The van der Waals surface area contributed by atoms with Gasteiger partial charge in [0.2, 0.25) is 0 Å². The van der Waals surface area contributed by atoms with Crippen LogP contribution in [0.15, 0.2) is 42.6 Å². The van der Waals surface area contributed by atoms with Crippen molar-refractivity contribution < 1.29 is 9.90 Å². The summed E-state index contributed by atoms with van der Waals surface area (Å²) < 4.78 is 0. The average Bonchev–Trinajstić information content (AvgIpc) is 2.92. The van der Waals surface area contributed by atoms with E-state index >= 15 is 0 Å². The molecule has 0 aliphatic rings. The molecule has 5 nitrogen and oxygen atoms in total. The van der Waals surface area contributed by atoms with Gasteiger partial charge in [-0.1, -0.05) is 32.9 Å². The van der Waals surface area contributed by atoms with Crippen molar-refractivity contribution in [2.75, 3.05) is 5.32 Å². The predicted octanol–water partition coefficient (Wildman–Crippen LogP) is 3.82. The molecule has 23 heavy (non-hydrogen) atoms. The average molecular weight is 309 g/mol. The highest BCUT2D eigenvalue weighted by Crippen LogP contribution is 2.26. The number of carbonyl (C=O) groups is 1. The largest absolute Gasteiger partial charge is 0.504 e. The molecule has 3 N–H and O–H groups in total. The van der Waals surface area contributed by atoms with E-state index in [4.69, 9.17) is 0 Å². The zero-order chi connectivity index (χ0) is 16.6. The molecule has 118 valence electrons. The number of hydrogen-bond acceptors (Lipinski definition) is 3. The highest BCUT2D eigenvalue weighted by Gasteiger charge is 2.16. The van der Waals surface area contributed by atoms with Crippen molar-refractivity contribution in [1.82, 2.24) is 9.97 Å². The van der Waals surface area contributed by atoms with Gasteiger partial charge in [-0.05, 0) is 35.2 Å². The van der Waals surface area contributed by atoms with Crippen LogP contribution in [0.1, 0.15) is 36.8 Å². The van der Waals surface area contributed by atoms with Crippen molar-refractivity contribution in [2.24, 2.45) is 0 Å². The number of H-pyrrole nitrogens is 1. The third-order valence-electron chi connectivity index (χ3n) is 3.75. The van der Waals surface area contributed by atoms with E-state index in [0.29, 0.717) is 5.69 Å². The lowest BCUT2D eigenvalue weighted by molar-refractivity contribution is 0.102. The minimum atomic E-state index is -0.340. The number of amides is 1. The standard InChI is InChI=1S/C18H19N3O2/c1-18(2,3)12-7-6-11-9-14(20-13(11)10-12)17(23)21-16-15(22)5-4-8-19-16/h4-10,20,22H,1-3H3,(H,19,21,23).